The molecule has 0 bridgehead atoms. The highest BCUT2D eigenvalue weighted by Crippen LogP contribution is 2.34. The molecule has 0 amide bonds. The predicted molar refractivity (Wildman–Crippen MR) is 78.8 cm³/mol. The van der Waals surface area contributed by atoms with Gasteiger partial charge in [0.25, 0.3) is 0 Å². The van der Waals surface area contributed by atoms with Crippen molar-refractivity contribution in [2.24, 2.45) is 11.8 Å². The zero-order valence-electron chi connectivity index (χ0n) is 13.1. The zero-order valence-corrected chi connectivity index (χ0v) is 13.1. The molecule has 5 heteroatoms. The molecule has 1 saturated carbocycles. The van der Waals surface area contributed by atoms with Crippen LogP contribution in [0.4, 0.5) is 0 Å². The van der Waals surface area contributed by atoms with E-state index in [0.29, 0.717) is 51.0 Å². The Labute approximate surface area is 126 Å². The molecule has 1 saturated heterocycles. The number of β-amino-alcohol motifs (C(OH)–C–C–N with tert-alkyl or cyclic N) is 1. The highest BCUT2D eigenvalue weighted by atomic mass is 16.5. The number of carbonyl (C=O) groups excluding carboxylic acids is 2. The number of hydrogen-bond acceptors (Lipinski definition) is 5. The molecule has 1 N–H and O–H groups in total. The summed E-state index contributed by atoms with van der Waals surface area (Å²) in [7, 11) is 0. The summed E-state index contributed by atoms with van der Waals surface area (Å²) in [5, 5.41) is 10.7. The van der Waals surface area contributed by atoms with E-state index in [1.807, 2.05) is 13.8 Å². The zero-order chi connectivity index (χ0) is 15.5. The van der Waals surface area contributed by atoms with Gasteiger partial charge in [0.15, 0.2) is 0 Å². The Morgan fingerprint density at radius 2 is 2.10 bits per heavy atom. The number of Topliss-reactive ketones (excluding diaryl/α,β-unsaturated/α-hetero) is 1. The second-order valence-corrected chi connectivity index (χ2v) is 6.60. The average Bonchev–Trinajstić information content (AvgIpc) is 2.44. The van der Waals surface area contributed by atoms with Crippen LogP contribution in [0.15, 0.2) is 0 Å². The topological polar surface area (TPSA) is 66.8 Å². The third-order valence-electron chi connectivity index (χ3n) is 4.81. The van der Waals surface area contributed by atoms with Crippen LogP contribution in [0, 0.1) is 11.8 Å². The predicted octanol–water partition coefficient (Wildman–Crippen LogP) is 1.38. The maximum Gasteiger partial charge on any atom is 0.308 e. The number of aliphatic hydroxyl groups is 1. The average molecular weight is 297 g/mol. The maximum absolute atomic E-state index is 11.7. The van der Waals surface area contributed by atoms with Crippen LogP contribution in [0.1, 0.15) is 46.0 Å². The molecule has 1 atom stereocenters. The van der Waals surface area contributed by atoms with Crippen molar-refractivity contribution < 1.29 is 19.4 Å². The first-order valence-corrected chi connectivity index (χ1v) is 8.07. The Balaban J connectivity index is 1.82. The molecule has 1 aliphatic heterocycles. The number of nitrogens with zero attached hydrogens (tertiary/aromatic N) is 1. The van der Waals surface area contributed by atoms with Gasteiger partial charge in [-0.25, -0.2) is 0 Å². The Morgan fingerprint density at radius 1 is 1.43 bits per heavy atom. The summed E-state index contributed by atoms with van der Waals surface area (Å²) in [5.74, 6) is 0.200. The summed E-state index contributed by atoms with van der Waals surface area (Å²) >= 11 is 0. The summed E-state index contributed by atoms with van der Waals surface area (Å²) < 4.78 is 5.06. The molecule has 21 heavy (non-hydrogen) atoms. The molecule has 120 valence electrons. The van der Waals surface area contributed by atoms with E-state index in [-0.39, 0.29) is 17.8 Å². The molecular weight excluding hydrogens is 270 g/mol. The van der Waals surface area contributed by atoms with Crippen LogP contribution < -0.4 is 0 Å². The number of rotatable bonds is 4. The maximum atomic E-state index is 11.7. The number of carbonyl (C=O) groups is 2. The van der Waals surface area contributed by atoms with Crippen LogP contribution in [-0.4, -0.2) is 53.6 Å². The van der Waals surface area contributed by atoms with Crippen LogP contribution in [0.2, 0.25) is 0 Å². The summed E-state index contributed by atoms with van der Waals surface area (Å²) in [5.41, 5.74) is -0.719. The van der Waals surface area contributed by atoms with Gasteiger partial charge in [-0.15, -0.1) is 0 Å². The minimum atomic E-state index is -0.719. The van der Waals surface area contributed by atoms with Crippen molar-refractivity contribution in [3.05, 3.63) is 0 Å². The van der Waals surface area contributed by atoms with Gasteiger partial charge >= 0.3 is 5.97 Å². The molecule has 2 aliphatic rings. The van der Waals surface area contributed by atoms with Crippen molar-refractivity contribution in [1.29, 1.82) is 0 Å². The van der Waals surface area contributed by atoms with E-state index >= 15 is 0 Å². The lowest BCUT2D eigenvalue weighted by Gasteiger charge is -2.40. The van der Waals surface area contributed by atoms with Crippen molar-refractivity contribution in [3.8, 4) is 0 Å². The summed E-state index contributed by atoms with van der Waals surface area (Å²) in [6, 6.07) is 0. The molecule has 2 rings (SSSR count). The van der Waals surface area contributed by atoms with E-state index in [4.69, 9.17) is 4.74 Å². The van der Waals surface area contributed by atoms with E-state index in [2.05, 4.69) is 4.90 Å². The Kier molecular flexibility index (Phi) is 5.38. The van der Waals surface area contributed by atoms with Crippen molar-refractivity contribution in [2.45, 2.75) is 51.6 Å². The molecule has 0 aromatic rings. The third-order valence-corrected chi connectivity index (χ3v) is 4.81. The van der Waals surface area contributed by atoms with Crippen LogP contribution in [0.5, 0.6) is 0 Å². The lowest BCUT2D eigenvalue weighted by Crippen LogP contribution is -2.50. The van der Waals surface area contributed by atoms with Gasteiger partial charge in [-0.05, 0) is 32.6 Å². The van der Waals surface area contributed by atoms with Crippen LogP contribution in [0.25, 0.3) is 0 Å². The monoisotopic (exact) mass is 297 g/mol. The molecule has 0 spiro atoms. The van der Waals surface area contributed by atoms with Gasteiger partial charge < -0.3 is 9.84 Å². The van der Waals surface area contributed by atoms with Crippen molar-refractivity contribution in [1.82, 2.24) is 4.90 Å². The SMILES string of the molecule is CCOC(=O)C1CCC(O)(CN2CCC(=O)C(C)C2)CC1. The Hall–Kier alpha value is -0.940. The lowest BCUT2D eigenvalue weighted by atomic mass is 9.78. The summed E-state index contributed by atoms with van der Waals surface area (Å²) in [4.78, 5) is 25.5. The minimum absolute atomic E-state index is 0.0629. The molecule has 0 aromatic carbocycles. The molecule has 1 unspecified atom stereocenters. The highest BCUT2D eigenvalue weighted by Gasteiger charge is 2.38. The molecule has 1 aliphatic carbocycles. The van der Waals surface area contributed by atoms with Gasteiger partial charge in [-0.1, -0.05) is 6.92 Å². The summed E-state index contributed by atoms with van der Waals surface area (Å²) in [6.45, 7) is 6.28. The van der Waals surface area contributed by atoms with Gasteiger partial charge in [0.05, 0.1) is 18.1 Å². The minimum Gasteiger partial charge on any atom is -0.466 e. The second kappa shape index (κ2) is 6.88. The molecule has 0 aromatic heterocycles. The highest BCUT2D eigenvalue weighted by molar-refractivity contribution is 5.81. The lowest BCUT2D eigenvalue weighted by molar-refractivity contribution is -0.151. The van der Waals surface area contributed by atoms with Crippen LogP contribution >= 0.6 is 0 Å². The van der Waals surface area contributed by atoms with Crippen LogP contribution in [-0.2, 0) is 14.3 Å². The van der Waals surface area contributed by atoms with E-state index in [0.717, 1.165) is 13.1 Å². The number of likely N-dealkylation sites (tertiary alicyclic amines) is 1. The van der Waals surface area contributed by atoms with Crippen molar-refractivity contribution in [2.75, 3.05) is 26.2 Å². The fourth-order valence-electron chi connectivity index (χ4n) is 3.46. The smallest absolute Gasteiger partial charge is 0.308 e. The third kappa shape index (κ3) is 4.27. The molecule has 2 fully saturated rings. The van der Waals surface area contributed by atoms with Gasteiger partial charge in [0.2, 0.25) is 0 Å². The summed E-state index contributed by atoms with van der Waals surface area (Å²) in [6.07, 6.45) is 3.24. The van der Waals surface area contributed by atoms with Crippen molar-refractivity contribution >= 4 is 11.8 Å². The first kappa shape index (κ1) is 16.4. The fourth-order valence-corrected chi connectivity index (χ4v) is 3.46. The molecule has 5 nitrogen and oxygen atoms in total. The number of piperidine rings is 1. The normalized spacial score (nSPS) is 34.7. The largest absolute Gasteiger partial charge is 0.466 e. The number of ether oxygens (including phenoxy) is 1. The molecule has 0 radical (unpaired) electrons. The van der Waals surface area contributed by atoms with Gasteiger partial charge in [-0.3, -0.25) is 14.5 Å². The Morgan fingerprint density at radius 3 is 2.67 bits per heavy atom. The second-order valence-electron chi connectivity index (χ2n) is 6.60. The quantitative estimate of drug-likeness (QED) is 0.794. The van der Waals surface area contributed by atoms with E-state index in [9.17, 15) is 14.7 Å². The van der Waals surface area contributed by atoms with E-state index in [1.165, 1.54) is 0 Å². The Bertz CT molecular complexity index is 388. The van der Waals surface area contributed by atoms with Gasteiger partial charge in [-0.2, -0.15) is 0 Å². The number of ketones is 1. The first-order chi connectivity index (χ1) is 9.93. The molecular formula is C16H27NO4. The van der Waals surface area contributed by atoms with Gasteiger partial charge in [0.1, 0.15) is 5.78 Å². The van der Waals surface area contributed by atoms with E-state index < -0.39 is 5.60 Å². The van der Waals surface area contributed by atoms with Crippen molar-refractivity contribution in [3.63, 3.8) is 0 Å². The van der Waals surface area contributed by atoms with Gasteiger partial charge in [0, 0.05) is 32.0 Å². The standard InChI is InChI=1S/C16H27NO4/c1-3-21-15(19)13-4-7-16(20,8-5-13)11-17-9-6-14(18)12(2)10-17/h12-13,20H,3-11H2,1-2H3. The number of hydrogen-bond donors (Lipinski definition) is 1. The number of esters is 1. The first-order valence-electron chi connectivity index (χ1n) is 8.07. The fraction of sp³-hybridized carbons (Fsp3) is 0.875. The van der Waals surface area contributed by atoms with Crippen LogP contribution in [0.3, 0.4) is 0 Å². The molecule has 1 heterocycles. The van der Waals surface area contributed by atoms with E-state index in [1.54, 1.807) is 0 Å².